The van der Waals surface area contributed by atoms with E-state index in [9.17, 15) is 9.59 Å². The molecule has 0 spiro atoms. The van der Waals surface area contributed by atoms with Gasteiger partial charge in [-0.25, -0.2) is 4.79 Å². The van der Waals surface area contributed by atoms with Crippen LogP contribution in [0, 0.1) is 5.92 Å². The van der Waals surface area contributed by atoms with Crippen molar-refractivity contribution in [2.75, 3.05) is 0 Å². The Bertz CT molecular complexity index is 709. The van der Waals surface area contributed by atoms with Crippen molar-refractivity contribution in [3.05, 3.63) is 34.9 Å². The lowest BCUT2D eigenvalue weighted by atomic mass is 10.0. The molecule has 1 aromatic carbocycles. The number of aryl methyl sites for hydroxylation is 1. The van der Waals surface area contributed by atoms with Crippen LogP contribution in [0.25, 0.3) is 10.9 Å². The highest BCUT2D eigenvalue weighted by Crippen LogP contribution is 2.24. The Morgan fingerprint density at radius 1 is 1.30 bits per heavy atom. The second-order valence-electron chi connectivity index (χ2n) is 6.02. The maximum atomic E-state index is 12.0. The first-order chi connectivity index (χ1) is 10.9. The Morgan fingerprint density at radius 2 is 2.04 bits per heavy atom. The lowest BCUT2D eigenvalue weighted by Gasteiger charge is -2.16. The van der Waals surface area contributed by atoms with Gasteiger partial charge in [-0.3, -0.25) is 4.79 Å². The quantitative estimate of drug-likeness (QED) is 0.772. The Labute approximate surface area is 143 Å². The van der Waals surface area contributed by atoms with Crippen molar-refractivity contribution >= 4 is 38.7 Å². The number of hydrogen-bond acceptors (Lipinski definition) is 2. The minimum atomic E-state index is -0.984. The molecule has 1 amide bonds. The molecule has 1 heterocycles. The highest BCUT2D eigenvalue weighted by atomic mass is 79.9. The van der Waals surface area contributed by atoms with Crippen LogP contribution < -0.4 is 5.32 Å². The summed E-state index contributed by atoms with van der Waals surface area (Å²) in [6, 6.07) is 7.10. The average Bonchev–Trinajstić information content (AvgIpc) is 2.88. The van der Waals surface area contributed by atoms with Crippen LogP contribution >= 0.6 is 15.9 Å². The summed E-state index contributed by atoms with van der Waals surface area (Å²) < 4.78 is 3.01. The number of hydrogen-bond donors (Lipinski definition) is 2. The molecule has 0 bridgehead atoms. The fraction of sp³-hybridized carbons (Fsp3) is 0.412. The Balaban J connectivity index is 1.98. The number of nitrogens with zero attached hydrogens (tertiary/aromatic N) is 1. The number of rotatable bonds is 7. The third kappa shape index (κ3) is 4.58. The predicted octanol–water partition coefficient (Wildman–Crippen LogP) is 3.41. The van der Waals surface area contributed by atoms with E-state index in [0.29, 0.717) is 13.0 Å². The number of carboxylic acid groups (broad SMARTS) is 1. The van der Waals surface area contributed by atoms with Gasteiger partial charge in [-0.2, -0.15) is 0 Å². The second kappa shape index (κ2) is 7.64. The van der Waals surface area contributed by atoms with Gasteiger partial charge in [0.1, 0.15) is 6.04 Å². The maximum absolute atomic E-state index is 12.0. The van der Waals surface area contributed by atoms with E-state index in [1.54, 1.807) is 0 Å². The molecule has 0 aliphatic heterocycles. The van der Waals surface area contributed by atoms with E-state index >= 15 is 0 Å². The molecule has 0 radical (unpaired) electrons. The molecule has 0 saturated carbocycles. The topological polar surface area (TPSA) is 71.3 Å². The lowest BCUT2D eigenvalue weighted by Crippen LogP contribution is -2.41. The van der Waals surface area contributed by atoms with Crippen LogP contribution in [0.5, 0.6) is 0 Å². The van der Waals surface area contributed by atoms with Gasteiger partial charge in [0.05, 0.1) is 0 Å². The van der Waals surface area contributed by atoms with E-state index in [2.05, 4.69) is 21.2 Å². The van der Waals surface area contributed by atoms with Crippen molar-refractivity contribution in [2.45, 2.75) is 39.3 Å². The Kier molecular flexibility index (Phi) is 5.82. The molecule has 0 aliphatic rings. The monoisotopic (exact) mass is 380 g/mol. The Hall–Kier alpha value is -1.82. The second-order valence-corrected chi connectivity index (χ2v) is 6.87. The minimum Gasteiger partial charge on any atom is -0.480 e. The summed E-state index contributed by atoms with van der Waals surface area (Å²) in [6.45, 7) is 4.39. The van der Waals surface area contributed by atoms with Gasteiger partial charge in [-0.15, -0.1) is 0 Å². The van der Waals surface area contributed by atoms with Crippen LogP contribution in [0.15, 0.2) is 34.9 Å². The molecule has 23 heavy (non-hydrogen) atoms. The van der Waals surface area contributed by atoms with E-state index < -0.39 is 12.0 Å². The van der Waals surface area contributed by atoms with E-state index in [1.165, 1.54) is 0 Å². The highest BCUT2D eigenvalue weighted by molar-refractivity contribution is 9.10. The zero-order valence-corrected chi connectivity index (χ0v) is 14.8. The lowest BCUT2D eigenvalue weighted by molar-refractivity contribution is -0.142. The maximum Gasteiger partial charge on any atom is 0.326 e. The summed E-state index contributed by atoms with van der Waals surface area (Å²) in [5.41, 5.74) is 1.05. The Morgan fingerprint density at radius 3 is 2.70 bits per heavy atom. The number of benzene rings is 1. The number of fused-ring (bicyclic) bond motifs is 1. The van der Waals surface area contributed by atoms with Gasteiger partial charge >= 0.3 is 5.97 Å². The fourth-order valence-electron chi connectivity index (χ4n) is 2.56. The number of carbonyl (C=O) groups excluding carboxylic acids is 1. The molecule has 0 unspecified atom stereocenters. The summed E-state index contributed by atoms with van der Waals surface area (Å²) in [4.78, 5) is 23.2. The molecule has 6 heteroatoms. The zero-order chi connectivity index (χ0) is 17.0. The molecule has 0 fully saturated rings. The average molecular weight is 381 g/mol. The van der Waals surface area contributed by atoms with Gasteiger partial charge < -0.3 is 15.0 Å². The van der Waals surface area contributed by atoms with E-state index in [1.807, 2.05) is 48.9 Å². The van der Waals surface area contributed by atoms with Crippen molar-refractivity contribution < 1.29 is 14.7 Å². The highest BCUT2D eigenvalue weighted by Gasteiger charge is 2.20. The molecular formula is C17H21BrN2O3. The molecule has 2 rings (SSSR count). The van der Waals surface area contributed by atoms with Gasteiger partial charge in [0.2, 0.25) is 5.91 Å². The fourth-order valence-corrected chi connectivity index (χ4v) is 3.05. The summed E-state index contributed by atoms with van der Waals surface area (Å²) in [5, 5.41) is 12.9. The van der Waals surface area contributed by atoms with E-state index in [-0.39, 0.29) is 18.2 Å². The number of aromatic nitrogens is 1. The summed E-state index contributed by atoms with van der Waals surface area (Å²) in [6.07, 6.45) is 2.62. The van der Waals surface area contributed by atoms with Crippen LogP contribution in [0.3, 0.4) is 0 Å². The molecule has 1 atom stereocenters. The molecule has 1 aromatic heterocycles. The third-order valence-corrected chi connectivity index (χ3v) is 4.37. The summed E-state index contributed by atoms with van der Waals surface area (Å²) in [5.74, 6) is -1.01. The van der Waals surface area contributed by atoms with Gasteiger partial charge in [0, 0.05) is 34.5 Å². The number of carboxylic acids is 1. The SMILES string of the molecule is CC(C)C[C@H](NC(=O)CCn1ccc2c(Br)cccc21)C(=O)O. The first kappa shape index (κ1) is 17.5. The van der Waals surface area contributed by atoms with Crippen LogP contribution in [-0.2, 0) is 16.1 Å². The predicted molar refractivity (Wildman–Crippen MR) is 93.3 cm³/mol. The van der Waals surface area contributed by atoms with Crippen molar-refractivity contribution in [2.24, 2.45) is 5.92 Å². The molecule has 0 aliphatic carbocycles. The van der Waals surface area contributed by atoms with Crippen LogP contribution in [0.2, 0.25) is 0 Å². The third-order valence-electron chi connectivity index (χ3n) is 3.68. The van der Waals surface area contributed by atoms with Crippen LogP contribution in [0.4, 0.5) is 0 Å². The number of aliphatic carboxylic acids is 1. The number of halogens is 1. The van der Waals surface area contributed by atoms with E-state index in [0.717, 1.165) is 15.4 Å². The van der Waals surface area contributed by atoms with Crippen molar-refractivity contribution in [3.63, 3.8) is 0 Å². The zero-order valence-electron chi connectivity index (χ0n) is 13.3. The van der Waals surface area contributed by atoms with Crippen molar-refractivity contribution in [1.82, 2.24) is 9.88 Å². The molecule has 2 N–H and O–H groups in total. The normalized spacial score (nSPS) is 12.5. The molecule has 2 aromatic rings. The first-order valence-electron chi connectivity index (χ1n) is 7.64. The molecule has 124 valence electrons. The largest absolute Gasteiger partial charge is 0.480 e. The standard InChI is InChI=1S/C17H21BrN2O3/c1-11(2)10-14(17(22)23)19-16(21)7-9-20-8-6-12-13(18)4-3-5-15(12)20/h3-6,8,11,14H,7,9-10H2,1-2H3,(H,19,21)(H,22,23)/t14-/m0/s1. The number of amides is 1. The van der Waals surface area contributed by atoms with Gasteiger partial charge in [-0.1, -0.05) is 35.8 Å². The van der Waals surface area contributed by atoms with Gasteiger partial charge in [0.25, 0.3) is 0 Å². The summed E-state index contributed by atoms with van der Waals surface area (Å²) in [7, 11) is 0. The molecule has 5 nitrogen and oxygen atoms in total. The summed E-state index contributed by atoms with van der Waals surface area (Å²) >= 11 is 3.50. The van der Waals surface area contributed by atoms with Crippen LogP contribution in [0.1, 0.15) is 26.7 Å². The molecule has 0 saturated heterocycles. The van der Waals surface area contributed by atoms with Crippen molar-refractivity contribution in [3.8, 4) is 0 Å². The van der Waals surface area contributed by atoms with E-state index in [4.69, 9.17) is 5.11 Å². The van der Waals surface area contributed by atoms with Gasteiger partial charge in [0.15, 0.2) is 0 Å². The smallest absolute Gasteiger partial charge is 0.326 e. The van der Waals surface area contributed by atoms with Crippen LogP contribution in [-0.4, -0.2) is 27.6 Å². The van der Waals surface area contributed by atoms with Crippen molar-refractivity contribution in [1.29, 1.82) is 0 Å². The minimum absolute atomic E-state index is 0.210. The molecular weight excluding hydrogens is 360 g/mol. The number of nitrogens with one attached hydrogen (secondary N) is 1. The van der Waals surface area contributed by atoms with Gasteiger partial charge in [-0.05, 0) is 30.5 Å². The number of carbonyl (C=O) groups is 2. The first-order valence-corrected chi connectivity index (χ1v) is 8.43.